The second kappa shape index (κ2) is 3.68. The van der Waals surface area contributed by atoms with Gasteiger partial charge in [-0.15, -0.1) is 0 Å². The minimum absolute atomic E-state index is 0.0782. The molecule has 0 aliphatic rings. The van der Waals surface area contributed by atoms with Gasteiger partial charge in [0.2, 0.25) is 0 Å². The number of nitrogens with zero attached hydrogens (tertiary/aromatic N) is 2. The maximum absolute atomic E-state index is 10.6. The lowest BCUT2D eigenvalue weighted by molar-refractivity contribution is -0.137. The van der Waals surface area contributed by atoms with Crippen LogP contribution in [-0.2, 0) is 4.79 Å². The Kier molecular flexibility index (Phi) is 2.37. The highest BCUT2D eigenvalue weighted by atomic mass is 16.4. The molecule has 0 aromatic carbocycles. The van der Waals surface area contributed by atoms with Gasteiger partial charge < -0.3 is 5.11 Å². The topological polar surface area (TPSA) is 78.9 Å². The van der Waals surface area contributed by atoms with E-state index >= 15 is 0 Å². The lowest BCUT2D eigenvalue weighted by Gasteiger charge is -2.04. The molecule has 0 saturated heterocycles. The molecule has 2 heterocycles. The van der Waals surface area contributed by atoms with Crippen molar-refractivity contribution in [1.29, 1.82) is 0 Å². The van der Waals surface area contributed by atoms with E-state index in [-0.39, 0.29) is 12.3 Å². The Bertz CT molecular complexity index is 492. The van der Waals surface area contributed by atoms with Crippen molar-refractivity contribution in [3.05, 3.63) is 24.0 Å². The summed E-state index contributed by atoms with van der Waals surface area (Å²) in [6.45, 7) is 1.84. The predicted octanol–water partition coefficient (Wildman–Crippen LogP) is 1.54. The summed E-state index contributed by atoms with van der Waals surface area (Å²) in [7, 11) is 0. The third-order valence-electron chi connectivity index (χ3n) is 2.31. The fourth-order valence-electron chi connectivity index (χ4n) is 1.61. The van der Waals surface area contributed by atoms with Gasteiger partial charge in [-0.1, -0.05) is 6.92 Å². The number of carboxylic acid groups (broad SMARTS) is 1. The zero-order chi connectivity index (χ0) is 10.8. The molecular weight excluding hydrogens is 194 g/mol. The SMILES string of the molecule is CC(CC(=O)O)c1n[nH]c2ncccc12. The molecule has 2 rings (SSSR count). The minimum atomic E-state index is -0.817. The number of carbonyl (C=O) groups is 1. The summed E-state index contributed by atoms with van der Waals surface area (Å²) in [5.74, 6) is -0.928. The molecule has 0 fully saturated rings. The summed E-state index contributed by atoms with van der Waals surface area (Å²) in [5.41, 5.74) is 1.46. The highest BCUT2D eigenvalue weighted by Gasteiger charge is 2.16. The Hall–Kier alpha value is -1.91. The summed E-state index contributed by atoms with van der Waals surface area (Å²) >= 11 is 0. The normalized spacial score (nSPS) is 12.9. The number of pyridine rings is 1. The van der Waals surface area contributed by atoms with E-state index in [4.69, 9.17) is 5.11 Å². The number of aromatic nitrogens is 3. The molecule has 0 saturated carbocycles. The number of nitrogens with one attached hydrogen (secondary N) is 1. The van der Waals surface area contributed by atoms with Crippen LogP contribution in [-0.4, -0.2) is 26.3 Å². The van der Waals surface area contributed by atoms with Gasteiger partial charge in [-0.05, 0) is 12.1 Å². The lowest BCUT2D eigenvalue weighted by atomic mass is 10.0. The zero-order valence-corrected chi connectivity index (χ0v) is 8.27. The highest BCUT2D eigenvalue weighted by Crippen LogP contribution is 2.23. The van der Waals surface area contributed by atoms with Crippen LogP contribution in [0.1, 0.15) is 25.0 Å². The van der Waals surface area contributed by atoms with Crippen LogP contribution in [0.5, 0.6) is 0 Å². The number of rotatable bonds is 3. The first-order valence-electron chi connectivity index (χ1n) is 4.69. The van der Waals surface area contributed by atoms with Crippen LogP contribution >= 0.6 is 0 Å². The zero-order valence-electron chi connectivity index (χ0n) is 8.27. The molecule has 15 heavy (non-hydrogen) atoms. The molecule has 5 heteroatoms. The number of fused-ring (bicyclic) bond motifs is 1. The van der Waals surface area contributed by atoms with Crippen LogP contribution in [0, 0.1) is 0 Å². The van der Waals surface area contributed by atoms with Gasteiger partial charge in [0.1, 0.15) is 0 Å². The van der Waals surface area contributed by atoms with Crippen molar-refractivity contribution >= 4 is 17.0 Å². The fourth-order valence-corrected chi connectivity index (χ4v) is 1.61. The van der Waals surface area contributed by atoms with Crippen molar-refractivity contribution in [2.75, 3.05) is 0 Å². The Morgan fingerprint density at radius 2 is 2.47 bits per heavy atom. The second-order valence-electron chi connectivity index (χ2n) is 3.51. The Balaban J connectivity index is 2.39. The Morgan fingerprint density at radius 1 is 1.67 bits per heavy atom. The number of H-pyrrole nitrogens is 1. The molecule has 2 aromatic heterocycles. The summed E-state index contributed by atoms with van der Waals surface area (Å²) in [6.07, 6.45) is 1.75. The number of aromatic amines is 1. The average Bonchev–Trinajstić information content (AvgIpc) is 2.59. The predicted molar refractivity (Wildman–Crippen MR) is 54.6 cm³/mol. The van der Waals surface area contributed by atoms with Crippen LogP contribution in [0.3, 0.4) is 0 Å². The van der Waals surface area contributed by atoms with Crippen molar-refractivity contribution in [2.24, 2.45) is 0 Å². The highest BCUT2D eigenvalue weighted by molar-refractivity contribution is 5.79. The van der Waals surface area contributed by atoms with Crippen molar-refractivity contribution in [1.82, 2.24) is 15.2 Å². The molecule has 0 radical (unpaired) electrons. The van der Waals surface area contributed by atoms with Crippen molar-refractivity contribution < 1.29 is 9.90 Å². The van der Waals surface area contributed by atoms with E-state index in [0.29, 0.717) is 5.65 Å². The summed E-state index contributed by atoms with van der Waals surface area (Å²) in [6, 6.07) is 3.70. The largest absolute Gasteiger partial charge is 0.481 e. The van der Waals surface area contributed by atoms with Crippen LogP contribution < -0.4 is 0 Å². The van der Waals surface area contributed by atoms with E-state index in [9.17, 15) is 4.79 Å². The van der Waals surface area contributed by atoms with E-state index in [0.717, 1.165) is 11.1 Å². The number of aliphatic carboxylic acids is 1. The first kappa shape index (κ1) is 9.64. The maximum Gasteiger partial charge on any atom is 0.304 e. The van der Waals surface area contributed by atoms with Crippen molar-refractivity contribution in [3.8, 4) is 0 Å². The van der Waals surface area contributed by atoms with E-state index in [2.05, 4.69) is 15.2 Å². The van der Waals surface area contributed by atoms with E-state index < -0.39 is 5.97 Å². The van der Waals surface area contributed by atoms with E-state index in [1.54, 1.807) is 6.20 Å². The smallest absolute Gasteiger partial charge is 0.304 e. The summed E-state index contributed by atoms with van der Waals surface area (Å²) < 4.78 is 0. The molecule has 2 N–H and O–H groups in total. The van der Waals surface area contributed by atoms with E-state index in [1.807, 2.05) is 19.1 Å². The van der Waals surface area contributed by atoms with Crippen LogP contribution in [0.25, 0.3) is 11.0 Å². The summed E-state index contributed by atoms with van der Waals surface area (Å²) in [4.78, 5) is 14.7. The molecule has 5 nitrogen and oxygen atoms in total. The Labute approximate surface area is 86.1 Å². The molecule has 0 amide bonds. The molecule has 1 unspecified atom stereocenters. The van der Waals surface area contributed by atoms with Gasteiger partial charge in [-0.25, -0.2) is 4.98 Å². The lowest BCUT2D eigenvalue weighted by Crippen LogP contribution is -2.03. The first-order chi connectivity index (χ1) is 7.18. The Morgan fingerprint density at radius 3 is 3.20 bits per heavy atom. The third-order valence-corrected chi connectivity index (χ3v) is 2.31. The maximum atomic E-state index is 10.6. The monoisotopic (exact) mass is 205 g/mol. The number of hydrogen-bond donors (Lipinski definition) is 2. The molecular formula is C10H11N3O2. The van der Waals surface area contributed by atoms with E-state index in [1.165, 1.54) is 0 Å². The molecule has 1 atom stereocenters. The number of carboxylic acids is 1. The van der Waals surface area contributed by atoms with Gasteiger partial charge in [0.15, 0.2) is 5.65 Å². The molecule has 0 spiro atoms. The molecule has 0 bridgehead atoms. The second-order valence-corrected chi connectivity index (χ2v) is 3.51. The molecule has 2 aromatic rings. The van der Waals surface area contributed by atoms with Gasteiger partial charge in [0, 0.05) is 17.5 Å². The molecule has 0 aliphatic carbocycles. The third kappa shape index (κ3) is 1.81. The van der Waals surface area contributed by atoms with Crippen LogP contribution in [0.2, 0.25) is 0 Å². The first-order valence-corrected chi connectivity index (χ1v) is 4.69. The fraction of sp³-hybridized carbons (Fsp3) is 0.300. The van der Waals surface area contributed by atoms with Gasteiger partial charge >= 0.3 is 5.97 Å². The van der Waals surface area contributed by atoms with Crippen LogP contribution in [0.4, 0.5) is 0 Å². The molecule has 0 aliphatic heterocycles. The quantitative estimate of drug-likeness (QED) is 0.796. The van der Waals surface area contributed by atoms with Crippen molar-refractivity contribution in [3.63, 3.8) is 0 Å². The van der Waals surface area contributed by atoms with Gasteiger partial charge in [0.25, 0.3) is 0 Å². The minimum Gasteiger partial charge on any atom is -0.481 e. The van der Waals surface area contributed by atoms with Crippen molar-refractivity contribution in [2.45, 2.75) is 19.3 Å². The summed E-state index contributed by atoms with van der Waals surface area (Å²) in [5, 5.41) is 16.5. The molecule has 78 valence electrons. The van der Waals surface area contributed by atoms with Gasteiger partial charge in [-0.2, -0.15) is 5.10 Å². The number of hydrogen-bond acceptors (Lipinski definition) is 3. The van der Waals surface area contributed by atoms with Gasteiger partial charge in [-0.3, -0.25) is 9.89 Å². The standard InChI is InChI=1S/C10H11N3O2/c1-6(5-8(14)15)9-7-3-2-4-11-10(7)13-12-9/h2-4,6H,5H2,1H3,(H,14,15)(H,11,12,13). The van der Waals surface area contributed by atoms with Gasteiger partial charge in [0.05, 0.1) is 12.1 Å². The van der Waals surface area contributed by atoms with Crippen LogP contribution in [0.15, 0.2) is 18.3 Å². The average molecular weight is 205 g/mol.